The van der Waals surface area contributed by atoms with Crippen LogP contribution in [-0.2, 0) is 0 Å². The van der Waals surface area contributed by atoms with E-state index in [-0.39, 0.29) is 5.91 Å². The molecule has 0 heterocycles. The second-order valence-electron chi connectivity index (χ2n) is 5.95. The Morgan fingerprint density at radius 1 is 0.679 bits per heavy atom. The summed E-state index contributed by atoms with van der Waals surface area (Å²) in [6.45, 7) is 3.96. The highest BCUT2D eigenvalue weighted by Gasteiger charge is 2.01. The van der Waals surface area contributed by atoms with Crippen LogP contribution in [0.4, 0.5) is 0 Å². The molecule has 1 amide bonds. The fourth-order valence-corrected chi connectivity index (χ4v) is 2.38. The zero-order chi connectivity index (χ0) is 19.6. The van der Waals surface area contributed by atoms with Gasteiger partial charge in [0.1, 0.15) is 0 Å². The van der Waals surface area contributed by atoms with Crippen molar-refractivity contribution in [3.05, 3.63) is 114 Å². The summed E-state index contributed by atoms with van der Waals surface area (Å²) in [7, 11) is 0. The largest absolute Gasteiger partial charge is 0.278 e. The minimum Gasteiger partial charge on any atom is -0.278 e. The maximum Gasteiger partial charge on any atom is 0.271 e. The Morgan fingerprint density at radius 3 is 1.68 bits per heavy atom. The predicted molar refractivity (Wildman–Crippen MR) is 114 cm³/mol. The Kier molecular flexibility index (Phi) is 6.47. The molecule has 0 saturated carbocycles. The first-order chi connectivity index (χ1) is 13.7. The number of rotatable bonds is 7. The summed E-state index contributed by atoms with van der Waals surface area (Å²) in [6, 6.07) is 26.4. The second-order valence-corrected chi connectivity index (χ2v) is 5.95. The standard InChI is InChI=1S/C23H20N4O/c1-18(21-8-4-2-5-9-21)26-24-16-19-12-14-20(15-13-19)17-25-27-23(28)22-10-6-3-7-11-22/h2-17,26H,1H2,(H,27,28)/b24-16+,25-17+. The third kappa shape index (κ3) is 5.51. The molecular weight excluding hydrogens is 348 g/mol. The molecule has 2 N–H and O–H groups in total. The van der Waals surface area contributed by atoms with Crippen LogP contribution in [0.1, 0.15) is 27.0 Å². The van der Waals surface area contributed by atoms with Crippen LogP contribution in [0.2, 0.25) is 0 Å². The van der Waals surface area contributed by atoms with E-state index in [9.17, 15) is 4.79 Å². The van der Waals surface area contributed by atoms with E-state index < -0.39 is 0 Å². The summed E-state index contributed by atoms with van der Waals surface area (Å²) in [5.74, 6) is -0.245. The van der Waals surface area contributed by atoms with Gasteiger partial charge in [0.25, 0.3) is 5.91 Å². The van der Waals surface area contributed by atoms with Gasteiger partial charge in [-0.3, -0.25) is 10.2 Å². The molecule has 0 radical (unpaired) electrons. The summed E-state index contributed by atoms with van der Waals surface area (Å²) >= 11 is 0. The monoisotopic (exact) mass is 368 g/mol. The average molecular weight is 368 g/mol. The Bertz CT molecular complexity index is 896. The normalized spacial score (nSPS) is 10.9. The van der Waals surface area contributed by atoms with Crippen molar-refractivity contribution in [3.63, 3.8) is 0 Å². The van der Waals surface area contributed by atoms with Crippen LogP contribution in [0.3, 0.4) is 0 Å². The Labute approximate surface area is 164 Å². The van der Waals surface area contributed by atoms with E-state index in [1.54, 1.807) is 24.6 Å². The Morgan fingerprint density at radius 2 is 1.14 bits per heavy atom. The van der Waals surface area contributed by atoms with Crippen LogP contribution >= 0.6 is 0 Å². The molecule has 0 aromatic heterocycles. The number of carbonyl (C=O) groups is 1. The van der Waals surface area contributed by atoms with Gasteiger partial charge in [0.15, 0.2) is 0 Å². The fraction of sp³-hybridized carbons (Fsp3) is 0. The maximum atomic E-state index is 11.9. The lowest BCUT2D eigenvalue weighted by atomic mass is 10.2. The molecule has 0 aliphatic rings. The molecule has 3 aromatic carbocycles. The molecule has 0 bridgehead atoms. The molecule has 0 saturated heterocycles. The van der Waals surface area contributed by atoms with Gasteiger partial charge >= 0.3 is 0 Å². The van der Waals surface area contributed by atoms with Gasteiger partial charge in [-0.15, -0.1) is 0 Å². The van der Waals surface area contributed by atoms with Crippen molar-refractivity contribution < 1.29 is 4.79 Å². The highest BCUT2D eigenvalue weighted by molar-refractivity contribution is 5.94. The number of carbonyl (C=O) groups excluding carboxylic acids is 1. The van der Waals surface area contributed by atoms with Crippen LogP contribution in [0.15, 0.2) is 102 Å². The number of nitrogens with zero attached hydrogens (tertiary/aromatic N) is 2. The van der Waals surface area contributed by atoms with E-state index in [2.05, 4.69) is 27.6 Å². The van der Waals surface area contributed by atoms with Crippen LogP contribution in [0.25, 0.3) is 5.70 Å². The van der Waals surface area contributed by atoms with Crippen molar-refractivity contribution in [2.75, 3.05) is 0 Å². The summed E-state index contributed by atoms with van der Waals surface area (Å²) in [5, 5.41) is 8.19. The molecule has 28 heavy (non-hydrogen) atoms. The van der Waals surface area contributed by atoms with Gasteiger partial charge in [-0.1, -0.05) is 79.4 Å². The smallest absolute Gasteiger partial charge is 0.271 e. The van der Waals surface area contributed by atoms with E-state index >= 15 is 0 Å². The van der Waals surface area contributed by atoms with E-state index in [0.717, 1.165) is 22.4 Å². The van der Waals surface area contributed by atoms with Gasteiger partial charge in [-0.25, -0.2) is 5.43 Å². The summed E-state index contributed by atoms with van der Waals surface area (Å²) in [5.41, 5.74) is 9.52. The molecule has 138 valence electrons. The molecular formula is C23H20N4O. The molecule has 0 atom stereocenters. The van der Waals surface area contributed by atoms with Crippen molar-refractivity contribution in [1.82, 2.24) is 10.9 Å². The first-order valence-corrected chi connectivity index (χ1v) is 8.74. The number of nitrogens with one attached hydrogen (secondary N) is 2. The zero-order valence-electron chi connectivity index (χ0n) is 15.2. The van der Waals surface area contributed by atoms with Crippen molar-refractivity contribution in [1.29, 1.82) is 0 Å². The van der Waals surface area contributed by atoms with E-state index in [1.807, 2.05) is 72.8 Å². The third-order valence-corrected chi connectivity index (χ3v) is 3.89. The van der Waals surface area contributed by atoms with Crippen LogP contribution in [-0.4, -0.2) is 18.3 Å². The number of hydrazone groups is 2. The van der Waals surface area contributed by atoms with Gasteiger partial charge in [-0.05, 0) is 28.8 Å². The van der Waals surface area contributed by atoms with Crippen molar-refractivity contribution in [3.8, 4) is 0 Å². The number of hydrogen-bond donors (Lipinski definition) is 2. The molecule has 0 spiro atoms. The molecule has 0 aliphatic carbocycles. The van der Waals surface area contributed by atoms with Crippen LogP contribution in [0, 0.1) is 0 Å². The van der Waals surface area contributed by atoms with Gasteiger partial charge in [-0.2, -0.15) is 10.2 Å². The summed E-state index contributed by atoms with van der Waals surface area (Å²) in [4.78, 5) is 11.9. The van der Waals surface area contributed by atoms with Crippen LogP contribution < -0.4 is 10.9 Å². The summed E-state index contributed by atoms with van der Waals surface area (Å²) < 4.78 is 0. The molecule has 3 aromatic rings. The first kappa shape index (κ1) is 18.8. The Balaban J connectivity index is 1.50. The maximum absolute atomic E-state index is 11.9. The molecule has 0 fully saturated rings. The summed E-state index contributed by atoms with van der Waals surface area (Å²) in [6.07, 6.45) is 3.31. The SMILES string of the molecule is C=C(N/N=C/c1ccc(/C=N/NC(=O)c2ccccc2)cc1)c1ccccc1. The molecule has 5 nitrogen and oxygen atoms in total. The van der Waals surface area contributed by atoms with Crippen LogP contribution in [0.5, 0.6) is 0 Å². The lowest BCUT2D eigenvalue weighted by Crippen LogP contribution is -2.17. The zero-order valence-corrected chi connectivity index (χ0v) is 15.2. The first-order valence-electron chi connectivity index (χ1n) is 8.74. The fourth-order valence-electron chi connectivity index (χ4n) is 2.38. The second kappa shape index (κ2) is 9.64. The van der Waals surface area contributed by atoms with Crippen molar-refractivity contribution in [2.24, 2.45) is 10.2 Å². The average Bonchev–Trinajstić information content (AvgIpc) is 2.76. The number of amides is 1. The lowest BCUT2D eigenvalue weighted by Gasteiger charge is -2.04. The van der Waals surface area contributed by atoms with E-state index in [4.69, 9.17) is 0 Å². The van der Waals surface area contributed by atoms with E-state index in [1.165, 1.54) is 0 Å². The predicted octanol–water partition coefficient (Wildman–Crippen LogP) is 4.04. The van der Waals surface area contributed by atoms with Gasteiger partial charge in [0.05, 0.1) is 18.1 Å². The molecule has 0 aliphatic heterocycles. The van der Waals surface area contributed by atoms with Gasteiger partial charge in [0.2, 0.25) is 0 Å². The quantitative estimate of drug-likeness (QED) is 0.488. The minimum absolute atomic E-state index is 0.245. The molecule has 5 heteroatoms. The number of hydrogen-bond acceptors (Lipinski definition) is 4. The molecule has 0 unspecified atom stereocenters. The van der Waals surface area contributed by atoms with E-state index in [0.29, 0.717) is 5.56 Å². The lowest BCUT2D eigenvalue weighted by molar-refractivity contribution is 0.0955. The highest BCUT2D eigenvalue weighted by Crippen LogP contribution is 2.08. The Hall–Kier alpha value is -3.99. The number of benzene rings is 3. The molecule has 3 rings (SSSR count). The third-order valence-electron chi connectivity index (χ3n) is 3.89. The minimum atomic E-state index is -0.245. The van der Waals surface area contributed by atoms with Gasteiger partial charge < -0.3 is 0 Å². The van der Waals surface area contributed by atoms with Gasteiger partial charge in [0, 0.05) is 5.56 Å². The highest BCUT2D eigenvalue weighted by atomic mass is 16.2. The van der Waals surface area contributed by atoms with Crippen molar-refractivity contribution in [2.45, 2.75) is 0 Å². The topological polar surface area (TPSA) is 65.8 Å². The van der Waals surface area contributed by atoms with Crippen molar-refractivity contribution >= 4 is 24.0 Å².